The van der Waals surface area contributed by atoms with Gasteiger partial charge in [-0.3, -0.25) is 9.69 Å². The number of aromatic nitrogens is 2. The minimum Gasteiger partial charge on any atom is -0.298 e. The maximum absolute atomic E-state index is 10.6. The largest absolute Gasteiger partial charge is 0.298 e. The van der Waals surface area contributed by atoms with Gasteiger partial charge in [0.25, 0.3) is 0 Å². The molecule has 1 aliphatic rings. The molecule has 0 fully saturated rings. The van der Waals surface area contributed by atoms with E-state index in [-0.39, 0.29) is 0 Å². The van der Waals surface area contributed by atoms with Crippen molar-refractivity contribution in [3.63, 3.8) is 0 Å². The Kier molecular flexibility index (Phi) is 2.30. The minimum atomic E-state index is 0.690. The van der Waals surface area contributed by atoms with Crippen molar-refractivity contribution in [2.24, 2.45) is 0 Å². The first-order chi connectivity index (χ1) is 8.28. The molecule has 1 aromatic heterocycles. The molecule has 0 amide bonds. The number of aldehydes is 1. The maximum Gasteiger partial charge on any atom is 0.150 e. The molecule has 3 rings (SSSR count). The topological polar surface area (TPSA) is 38.1 Å². The van der Waals surface area contributed by atoms with Crippen molar-refractivity contribution >= 4 is 6.29 Å². The predicted molar refractivity (Wildman–Crippen MR) is 64.1 cm³/mol. The van der Waals surface area contributed by atoms with Gasteiger partial charge in [-0.1, -0.05) is 0 Å². The van der Waals surface area contributed by atoms with Crippen LogP contribution in [0.3, 0.4) is 0 Å². The zero-order valence-corrected chi connectivity index (χ0v) is 9.63. The monoisotopic (exact) mass is 227 g/mol. The third-order valence-electron chi connectivity index (χ3n) is 3.09. The normalized spacial score (nSPS) is 14.9. The van der Waals surface area contributed by atoms with E-state index in [2.05, 4.69) is 17.0 Å². The Hall–Kier alpha value is -1.94. The average molecular weight is 227 g/mol. The summed E-state index contributed by atoms with van der Waals surface area (Å²) in [5, 5.41) is 4.40. The van der Waals surface area contributed by atoms with Gasteiger partial charge in [0, 0.05) is 24.2 Å². The summed E-state index contributed by atoms with van der Waals surface area (Å²) < 4.78 is 1.95. The fraction of sp³-hybridized carbons (Fsp3) is 0.231. The molecule has 0 unspecified atom stereocenters. The zero-order valence-electron chi connectivity index (χ0n) is 9.63. The summed E-state index contributed by atoms with van der Waals surface area (Å²) in [7, 11) is 2.10. The molecule has 0 bridgehead atoms. The molecule has 4 nitrogen and oxygen atoms in total. The van der Waals surface area contributed by atoms with E-state index in [0.29, 0.717) is 5.56 Å². The van der Waals surface area contributed by atoms with Crippen molar-refractivity contribution in [1.82, 2.24) is 14.7 Å². The maximum atomic E-state index is 10.6. The number of nitrogens with zero attached hydrogens (tertiary/aromatic N) is 3. The minimum absolute atomic E-state index is 0.690. The summed E-state index contributed by atoms with van der Waals surface area (Å²) in [6, 6.07) is 7.48. The van der Waals surface area contributed by atoms with Crippen LogP contribution in [0.4, 0.5) is 0 Å². The average Bonchev–Trinajstić information content (AvgIpc) is 2.88. The van der Waals surface area contributed by atoms with Gasteiger partial charge >= 0.3 is 0 Å². The lowest BCUT2D eigenvalue weighted by Crippen LogP contribution is -2.11. The third-order valence-corrected chi connectivity index (χ3v) is 3.09. The first-order valence-electron chi connectivity index (χ1n) is 5.58. The highest BCUT2D eigenvalue weighted by Gasteiger charge is 2.21. The predicted octanol–water partition coefficient (Wildman–Crippen LogP) is 1.63. The second-order valence-electron chi connectivity index (χ2n) is 4.41. The zero-order chi connectivity index (χ0) is 11.8. The molecule has 0 saturated carbocycles. The van der Waals surface area contributed by atoms with Gasteiger partial charge in [-0.2, -0.15) is 5.10 Å². The van der Waals surface area contributed by atoms with Gasteiger partial charge in [-0.05, 0) is 31.3 Å². The van der Waals surface area contributed by atoms with Crippen molar-refractivity contribution in [3.05, 3.63) is 47.3 Å². The molecule has 0 aliphatic carbocycles. The van der Waals surface area contributed by atoms with Crippen LogP contribution < -0.4 is 0 Å². The van der Waals surface area contributed by atoms with Gasteiger partial charge in [0.1, 0.15) is 6.29 Å². The lowest BCUT2D eigenvalue weighted by molar-refractivity contribution is 0.112. The van der Waals surface area contributed by atoms with E-state index in [9.17, 15) is 4.79 Å². The SMILES string of the molecule is CN1Cc2cnn(-c3ccc(C=O)cc3)c2C1. The van der Waals surface area contributed by atoms with Crippen molar-refractivity contribution < 1.29 is 4.79 Å². The van der Waals surface area contributed by atoms with Crippen molar-refractivity contribution in [2.45, 2.75) is 13.1 Å². The van der Waals surface area contributed by atoms with Gasteiger partial charge in [0.15, 0.2) is 0 Å². The van der Waals surface area contributed by atoms with Crippen molar-refractivity contribution in [1.29, 1.82) is 0 Å². The van der Waals surface area contributed by atoms with Crippen LogP contribution in [0.5, 0.6) is 0 Å². The Morgan fingerprint density at radius 3 is 2.71 bits per heavy atom. The van der Waals surface area contributed by atoms with Gasteiger partial charge in [0.05, 0.1) is 17.6 Å². The Balaban J connectivity index is 2.01. The summed E-state index contributed by atoms with van der Waals surface area (Å²) in [5.74, 6) is 0. The van der Waals surface area contributed by atoms with E-state index >= 15 is 0 Å². The van der Waals surface area contributed by atoms with Gasteiger partial charge in [-0.15, -0.1) is 0 Å². The first kappa shape index (κ1) is 10.2. The van der Waals surface area contributed by atoms with Crippen molar-refractivity contribution in [2.75, 3.05) is 7.05 Å². The Labute approximate surface area is 99.5 Å². The van der Waals surface area contributed by atoms with E-state index in [1.807, 2.05) is 35.1 Å². The second-order valence-corrected chi connectivity index (χ2v) is 4.41. The van der Waals surface area contributed by atoms with Crippen LogP contribution in [0.25, 0.3) is 5.69 Å². The van der Waals surface area contributed by atoms with Gasteiger partial charge in [-0.25, -0.2) is 4.68 Å². The van der Waals surface area contributed by atoms with Crippen LogP contribution in [-0.4, -0.2) is 28.0 Å². The fourth-order valence-electron chi connectivity index (χ4n) is 2.23. The molecule has 2 heterocycles. The number of fused-ring (bicyclic) bond motifs is 1. The standard InChI is InChI=1S/C13H13N3O/c1-15-7-11-6-14-16(13(11)8-15)12-4-2-10(9-17)3-5-12/h2-6,9H,7-8H2,1H3. The molecule has 1 aliphatic heterocycles. The molecule has 0 radical (unpaired) electrons. The van der Waals surface area contributed by atoms with Crippen LogP contribution in [0, 0.1) is 0 Å². The van der Waals surface area contributed by atoms with E-state index in [1.54, 1.807) is 0 Å². The lowest BCUT2D eigenvalue weighted by atomic mass is 10.2. The molecule has 86 valence electrons. The Morgan fingerprint density at radius 2 is 2.00 bits per heavy atom. The van der Waals surface area contributed by atoms with E-state index in [0.717, 1.165) is 25.1 Å². The lowest BCUT2D eigenvalue weighted by Gasteiger charge is -2.08. The highest BCUT2D eigenvalue weighted by molar-refractivity contribution is 5.75. The van der Waals surface area contributed by atoms with E-state index in [4.69, 9.17) is 0 Å². The molecule has 17 heavy (non-hydrogen) atoms. The molecule has 2 aromatic rings. The molecule has 0 saturated heterocycles. The molecular formula is C13H13N3O. The third kappa shape index (κ3) is 1.66. The quantitative estimate of drug-likeness (QED) is 0.732. The Bertz CT molecular complexity index is 557. The number of rotatable bonds is 2. The number of hydrogen-bond donors (Lipinski definition) is 0. The summed E-state index contributed by atoms with van der Waals surface area (Å²) in [6.07, 6.45) is 2.78. The summed E-state index contributed by atoms with van der Waals surface area (Å²) in [5.41, 5.74) is 4.22. The molecule has 4 heteroatoms. The molecule has 0 N–H and O–H groups in total. The highest BCUT2D eigenvalue weighted by Crippen LogP contribution is 2.23. The number of carbonyl (C=O) groups is 1. The van der Waals surface area contributed by atoms with Crippen LogP contribution in [-0.2, 0) is 13.1 Å². The van der Waals surface area contributed by atoms with Gasteiger partial charge < -0.3 is 0 Å². The summed E-state index contributed by atoms with van der Waals surface area (Å²) >= 11 is 0. The van der Waals surface area contributed by atoms with Crippen molar-refractivity contribution in [3.8, 4) is 5.69 Å². The van der Waals surface area contributed by atoms with Crippen LogP contribution in [0.15, 0.2) is 30.5 Å². The highest BCUT2D eigenvalue weighted by atomic mass is 16.1. The second kappa shape index (κ2) is 3.82. The summed E-state index contributed by atoms with van der Waals surface area (Å²) in [4.78, 5) is 12.9. The number of carbonyl (C=O) groups excluding carboxylic acids is 1. The number of benzene rings is 1. The molecule has 0 spiro atoms. The Morgan fingerprint density at radius 1 is 1.24 bits per heavy atom. The smallest absolute Gasteiger partial charge is 0.150 e. The molecular weight excluding hydrogens is 214 g/mol. The van der Waals surface area contributed by atoms with E-state index < -0.39 is 0 Å². The number of hydrogen-bond acceptors (Lipinski definition) is 3. The fourth-order valence-corrected chi connectivity index (χ4v) is 2.23. The van der Waals surface area contributed by atoms with Crippen LogP contribution in [0.1, 0.15) is 21.6 Å². The first-order valence-corrected chi connectivity index (χ1v) is 5.58. The summed E-state index contributed by atoms with van der Waals surface area (Å²) in [6.45, 7) is 1.88. The van der Waals surface area contributed by atoms with Crippen LogP contribution >= 0.6 is 0 Å². The van der Waals surface area contributed by atoms with E-state index in [1.165, 1.54) is 11.3 Å². The molecule has 1 aromatic carbocycles. The molecule has 0 atom stereocenters. The van der Waals surface area contributed by atoms with Crippen LogP contribution in [0.2, 0.25) is 0 Å². The van der Waals surface area contributed by atoms with Gasteiger partial charge in [0.2, 0.25) is 0 Å².